The van der Waals surface area contributed by atoms with Crippen molar-refractivity contribution in [2.24, 2.45) is 5.73 Å². The van der Waals surface area contributed by atoms with Crippen LogP contribution in [-0.2, 0) is 16.7 Å². The van der Waals surface area contributed by atoms with Crippen LogP contribution in [0.25, 0.3) is 0 Å². The van der Waals surface area contributed by atoms with Gasteiger partial charge < -0.3 is 20.1 Å². The lowest BCUT2D eigenvalue weighted by Crippen LogP contribution is -2.42. The first-order chi connectivity index (χ1) is 7.24. The highest BCUT2D eigenvalue weighted by atomic mass is 16.5. The van der Waals surface area contributed by atoms with Gasteiger partial charge in [0.05, 0.1) is 6.61 Å². The molecule has 0 atom stereocenters. The van der Waals surface area contributed by atoms with Gasteiger partial charge in [0.25, 0.3) is 0 Å². The van der Waals surface area contributed by atoms with E-state index in [4.69, 9.17) is 20.1 Å². The third-order valence-corrected chi connectivity index (χ3v) is 2.61. The number of ether oxygens (including phenoxy) is 1. The molecule has 0 amide bonds. The van der Waals surface area contributed by atoms with Crippen molar-refractivity contribution >= 4 is 0 Å². The summed E-state index contributed by atoms with van der Waals surface area (Å²) in [5.74, 6) is 0.957. The topological polar surface area (TPSA) is 94.4 Å². The molecule has 0 spiro atoms. The lowest BCUT2D eigenvalue weighted by Gasteiger charge is -2.29. The molecule has 0 unspecified atom stereocenters. The van der Waals surface area contributed by atoms with Gasteiger partial charge in [0.15, 0.2) is 5.82 Å². The maximum Gasteiger partial charge on any atom is 0.246 e. The molecule has 0 aromatic carbocycles. The average Bonchev–Trinajstić information content (AvgIpc) is 2.69. The number of nitrogens with two attached hydrogens (primary N) is 1. The number of nitrogens with zero attached hydrogens (tertiary/aromatic N) is 2. The molecule has 1 fully saturated rings. The van der Waals surface area contributed by atoms with Crippen LogP contribution in [0.4, 0.5) is 0 Å². The summed E-state index contributed by atoms with van der Waals surface area (Å²) in [5.41, 5.74) is 5.59. The van der Waals surface area contributed by atoms with E-state index in [-0.39, 0.29) is 6.61 Å². The third-order valence-electron chi connectivity index (χ3n) is 2.61. The summed E-state index contributed by atoms with van der Waals surface area (Å²) in [6.45, 7) is 1.25. The van der Waals surface area contributed by atoms with Crippen molar-refractivity contribution in [2.75, 3.05) is 19.8 Å². The minimum absolute atomic E-state index is 0.0135. The van der Waals surface area contributed by atoms with Gasteiger partial charge in [0.1, 0.15) is 5.54 Å². The van der Waals surface area contributed by atoms with Gasteiger partial charge in [-0.1, -0.05) is 5.16 Å². The molecule has 2 heterocycles. The molecule has 1 aromatic heterocycles. The van der Waals surface area contributed by atoms with Crippen LogP contribution in [0.2, 0.25) is 0 Å². The van der Waals surface area contributed by atoms with Crippen molar-refractivity contribution in [2.45, 2.75) is 24.8 Å². The smallest absolute Gasteiger partial charge is 0.246 e. The number of hydrogen-bond acceptors (Lipinski definition) is 6. The second kappa shape index (κ2) is 4.26. The Morgan fingerprint density at radius 1 is 1.40 bits per heavy atom. The van der Waals surface area contributed by atoms with Gasteiger partial charge in [-0.3, -0.25) is 0 Å². The molecule has 0 saturated carbocycles. The van der Waals surface area contributed by atoms with Crippen molar-refractivity contribution in [1.29, 1.82) is 0 Å². The predicted octanol–water partition coefficient (Wildman–Crippen LogP) is -0.431. The Labute approximate surface area is 87.4 Å². The molecular weight excluding hydrogens is 198 g/mol. The van der Waals surface area contributed by atoms with Gasteiger partial charge in [-0.05, 0) is 12.8 Å². The Kier molecular flexibility index (Phi) is 2.99. The number of aliphatic hydroxyl groups is 1. The van der Waals surface area contributed by atoms with Crippen LogP contribution < -0.4 is 5.73 Å². The van der Waals surface area contributed by atoms with Gasteiger partial charge in [-0.15, -0.1) is 0 Å². The number of aromatic nitrogens is 2. The quantitative estimate of drug-likeness (QED) is 0.707. The van der Waals surface area contributed by atoms with E-state index < -0.39 is 5.54 Å². The van der Waals surface area contributed by atoms with Crippen molar-refractivity contribution in [3.05, 3.63) is 11.7 Å². The van der Waals surface area contributed by atoms with E-state index in [1.165, 1.54) is 0 Å². The second-order valence-electron chi connectivity index (χ2n) is 3.76. The van der Waals surface area contributed by atoms with Crippen molar-refractivity contribution in [1.82, 2.24) is 10.1 Å². The van der Waals surface area contributed by atoms with Crippen LogP contribution in [-0.4, -0.2) is 35.1 Å². The standard InChI is InChI=1S/C9H15N3O3/c10-9(2-5-14-6-3-9)8-11-7(1-4-13)12-15-8/h13H,1-6,10H2. The highest BCUT2D eigenvalue weighted by Gasteiger charge is 2.35. The van der Waals surface area contributed by atoms with E-state index >= 15 is 0 Å². The Hall–Kier alpha value is -0.980. The summed E-state index contributed by atoms with van der Waals surface area (Å²) < 4.78 is 10.3. The molecule has 6 nitrogen and oxygen atoms in total. The van der Waals surface area contributed by atoms with Gasteiger partial charge in [0, 0.05) is 19.6 Å². The molecule has 15 heavy (non-hydrogen) atoms. The van der Waals surface area contributed by atoms with E-state index in [0.29, 0.717) is 44.2 Å². The zero-order valence-electron chi connectivity index (χ0n) is 8.48. The maximum atomic E-state index is 8.73. The second-order valence-corrected chi connectivity index (χ2v) is 3.76. The minimum atomic E-state index is -0.557. The van der Waals surface area contributed by atoms with Crippen LogP contribution in [0.1, 0.15) is 24.6 Å². The summed E-state index contributed by atoms with van der Waals surface area (Å²) in [4.78, 5) is 4.18. The summed E-state index contributed by atoms with van der Waals surface area (Å²) in [5, 5.41) is 12.5. The van der Waals surface area contributed by atoms with Gasteiger partial charge in [-0.2, -0.15) is 4.98 Å². The fraction of sp³-hybridized carbons (Fsp3) is 0.778. The molecule has 1 aliphatic rings. The SMILES string of the molecule is NC1(c2nc(CCO)no2)CCOCC1. The molecule has 0 aliphatic carbocycles. The van der Waals surface area contributed by atoms with Gasteiger partial charge in [0.2, 0.25) is 5.89 Å². The molecule has 6 heteroatoms. The molecule has 1 aromatic rings. The molecule has 3 N–H and O–H groups in total. The summed E-state index contributed by atoms with van der Waals surface area (Å²) in [6, 6.07) is 0. The normalized spacial score (nSPS) is 20.4. The molecular formula is C9H15N3O3. The predicted molar refractivity (Wildman–Crippen MR) is 51.0 cm³/mol. The fourth-order valence-electron chi connectivity index (χ4n) is 1.61. The Bertz CT molecular complexity index is 320. The van der Waals surface area contributed by atoms with Crippen molar-refractivity contribution < 1.29 is 14.4 Å². The first-order valence-corrected chi connectivity index (χ1v) is 5.05. The largest absolute Gasteiger partial charge is 0.396 e. The highest BCUT2D eigenvalue weighted by Crippen LogP contribution is 2.27. The molecule has 1 saturated heterocycles. The Morgan fingerprint density at radius 2 is 2.13 bits per heavy atom. The molecule has 0 bridgehead atoms. The number of rotatable bonds is 3. The van der Waals surface area contributed by atoms with Crippen LogP contribution in [0, 0.1) is 0 Å². The number of aliphatic hydroxyl groups excluding tert-OH is 1. The summed E-state index contributed by atoms with van der Waals surface area (Å²) in [6.07, 6.45) is 1.78. The summed E-state index contributed by atoms with van der Waals surface area (Å²) >= 11 is 0. The molecule has 84 valence electrons. The maximum absolute atomic E-state index is 8.73. The number of hydrogen-bond donors (Lipinski definition) is 2. The van der Waals surface area contributed by atoms with Gasteiger partial charge in [-0.25, -0.2) is 0 Å². The van der Waals surface area contributed by atoms with E-state index in [9.17, 15) is 0 Å². The zero-order valence-corrected chi connectivity index (χ0v) is 8.48. The van der Waals surface area contributed by atoms with Crippen LogP contribution in [0.3, 0.4) is 0 Å². The van der Waals surface area contributed by atoms with Gasteiger partial charge >= 0.3 is 0 Å². The van der Waals surface area contributed by atoms with Crippen LogP contribution in [0.15, 0.2) is 4.52 Å². The monoisotopic (exact) mass is 213 g/mol. The van der Waals surface area contributed by atoms with E-state index in [1.54, 1.807) is 0 Å². The van der Waals surface area contributed by atoms with E-state index in [1.807, 2.05) is 0 Å². The third kappa shape index (κ3) is 2.17. The lowest BCUT2D eigenvalue weighted by atomic mass is 9.91. The molecule has 2 rings (SSSR count). The molecule has 0 radical (unpaired) electrons. The van der Waals surface area contributed by atoms with Crippen molar-refractivity contribution in [3.63, 3.8) is 0 Å². The van der Waals surface area contributed by atoms with Crippen molar-refractivity contribution in [3.8, 4) is 0 Å². The Morgan fingerprint density at radius 3 is 2.80 bits per heavy atom. The van der Waals surface area contributed by atoms with E-state index in [2.05, 4.69) is 10.1 Å². The fourth-order valence-corrected chi connectivity index (χ4v) is 1.61. The molecule has 1 aliphatic heterocycles. The average molecular weight is 213 g/mol. The highest BCUT2D eigenvalue weighted by molar-refractivity contribution is 5.03. The zero-order chi connectivity index (χ0) is 10.7. The first-order valence-electron chi connectivity index (χ1n) is 5.05. The van der Waals surface area contributed by atoms with Crippen LogP contribution in [0.5, 0.6) is 0 Å². The minimum Gasteiger partial charge on any atom is -0.396 e. The lowest BCUT2D eigenvalue weighted by molar-refractivity contribution is 0.0400. The summed E-state index contributed by atoms with van der Waals surface area (Å²) in [7, 11) is 0. The van der Waals surface area contributed by atoms with E-state index in [0.717, 1.165) is 0 Å². The first kappa shape index (κ1) is 10.5. The Balaban J connectivity index is 2.12. The van der Waals surface area contributed by atoms with Crippen LogP contribution >= 0.6 is 0 Å².